The number of hydrogen-bond donors (Lipinski definition) is 1. The standard InChI is InChI=1S/C18H17FO4/c1-23-18-10-12(3-9-16(18)21)2-8-15(20)11-17(22)13-4-6-14(19)7-5-13/h3-7,9-10,21H,2,8,11H2,1H3. The first kappa shape index (κ1) is 16.7. The minimum atomic E-state index is -0.422. The Morgan fingerprint density at radius 1 is 1.13 bits per heavy atom. The number of phenolic OH excluding ortho intramolecular Hbond substituents is 1. The summed E-state index contributed by atoms with van der Waals surface area (Å²) in [6.07, 6.45) is 0.452. The molecule has 0 radical (unpaired) electrons. The van der Waals surface area contributed by atoms with Gasteiger partial charge in [0.05, 0.1) is 13.5 Å². The molecule has 2 aromatic carbocycles. The van der Waals surface area contributed by atoms with E-state index >= 15 is 0 Å². The van der Waals surface area contributed by atoms with Crippen LogP contribution in [0.1, 0.15) is 28.8 Å². The second-order valence-corrected chi connectivity index (χ2v) is 5.15. The third-order valence-electron chi connectivity index (χ3n) is 3.46. The fraction of sp³-hybridized carbons (Fsp3) is 0.222. The highest BCUT2D eigenvalue weighted by Gasteiger charge is 2.12. The van der Waals surface area contributed by atoms with E-state index in [-0.39, 0.29) is 30.2 Å². The smallest absolute Gasteiger partial charge is 0.170 e. The molecule has 0 unspecified atom stereocenters. The maximum atomic E-state index is 12.8. The normalized spacial score (nSPS) is 10.3. The van der Waals surface area contributed by atoms with Crippen LogP contribution in [-0.4, -0.2) is 23.8 Å². The van der Waals surface area contributed by atoms with Crippen molar-refractivity contribution in [3.05, 3.63) is 59.4 Å². The predicted octanol–water partition coefficient (Wildman–Crippen LogP) is 3.31. The van der Waals surface area contributed by atoms with Gasteiger partial charge in [-0.15, -0.1) is 0 Å². The van der Waals surface area contributed by atoms with Crippen LogP contribution >= 0.6 is 0 Å². The summed E-state index contributed by atoms with van der Waals surface area (Å²) < 4.78 is 17.8. The van der Waals surface area contributed by atoms with Crippen molar-refractivity contribution >= 4 is 11.6 Å². The van der Waals surface area contributed by atoms with Gasteiger partial charge in [-0.25, -0.2) is 4.39 Å². The van der Waals surface area contributed by atoms with Crippen molar-refractivity contribution in [3.63, 3.8) is 0 Å². The maximum Gasteiger partial charge on any atom is 0.170 e. The molecule has 0 fully saturated rings. The SMILES string of the molecule is COc1cc(CCC(=O)CC(=O)c2ccc(F)cc2)ccc1O. The molecule has 2 aromatic rings. The zero-order valence-corrected chi connectivity index (χ0v) is 12.7. The Balaban J connectivity index is 1.90. The van der Waals surface area contributed by atoms with Crippen molar-refractivity contribution in [3.8, 4) is 11.5 Å². The number of ketones is 2. The number of methoxy groups -OCH3 is 1. The van der Waals surface area contributed by atoms with Crippen molar-refractivity contribution in [2.45, 2.75) is 19.3 Å². The number of aryl methyl sites for hydroxylation is 1. The summed E-state index contributed by atoms with van der Waals surface area (Å²) in [6, 6.07) is 9.99. The molecule has 0 aromatic heterocycles. The first-order valence-electron chi connectivity index (χ1n) is 7.16. The average molecular weight is 316 g/mol. The lowest BCUT2D eigenvalue weighted by molar-refractivity contribution is -0.118. The van der Waals surface area contributed by atoms with E-state index in [0.29, 0.717) is 17.7 Å². The zero-order chi connectivity index (χ0) is 16.8. The monoisotopic (exact) mass is 316 g/mol. The van der Waals surface area contributed by atoms with Crippen LogP contribution in [0.3, 0.4) is 0 Å². The van der Waals surface area contributed by atoms with Crippen molar-refractivity contribution in [2.75, 3.05) is 7.11 Å². The Kier molecular flexibility index (Phi) is 5.46. The molecule has 0 aliphatic carbocycles. The van der Waals surface area contributed by atoms with Gasteiger partial charge in [-0.3, -0.25) is 9.59 Å². The topological polar surface area (TPSA) is 63.6 Å². The number of carbonyl (C=O) groups excluding carboxylic acids is 2. The second kappa shape index (κ2) is 7.54. The third kappa shape index (κ3) is 4.64. The van der Waals surface area contributed by atoms with Gasteiger partial charge < -0.3 is 9.84 Å². The summed E-state index contributed by atoms with van der Waals surface area (Å²) in [4.78, 5) is 23.8. The van der Waals surface area contributed by atoms with Crippen LogP contribution in [0, 0.1) is 5.82 Å². The largest absolute Gasteiger partial charge is 0.504 e. The number of halogens is 1. The van der Waals surface area contributed by atoms with Gasteiger partial charge in [0.1, 0.15) is 11.6 Å². The van der Waals surface area contributed by atoms with E-state index < -0.39 is 5.82 Å². The summed E-state index contributed by atoms with van der Waals surface area (Å²) in [5.41, 5.74) is 1.16. The van der Waals surface area contributed by atoms with Crippen LogP contribution in [0.25, 0.3) is 0 Å². The predicted molar refractivity (Wildman–Crippen MR) is 83.3 cm³/mol. The number of Topliss-reactive ketones (excluding diaryl/α,β-unsaturated/α-hetero) is 2. The van der Waals surface area contributed by atoms with Crippen molar-refractivity contribution in [2.24, 2.45) is 0 Å². The number of carbonyl (C=O) groups is 2. The number of phenols is 1. The number of aromatic hydroxyl groups is 1. The molecule has 0 amide bonds. The van der Waals surface area contributed by atoms with Crippen molar-refractivity contribution in [1.82, 2.24) is 0 Å². The van der Waals surface area contributed by atoms with E-state index in [1.165, 1.54) is 37.4 Å². The van der Waals surface area contributed by atoms with Gasteiger partial charge in [-0.2, -0.15) is 0 Å². The van der Waals surface area contributed by atoms with E-state index in [9.17, 15) is 19.1 Å². The molecule has 1 N–H and O–H groups in total. The number of ether oxygens (including phenoxy) is 1. The van der Waals surface area contributed by atoms with Gasteiger partial charge in [0.25, 0.3) is 0 Å². The molecule has 0 aliphatic heterocycles. The fourth-order valence-electron chi connectivity index (χ4n) is 2.17. The van der Waals surface area contributed by atoms with Crippen LogP contribution in [0.5, 0.6) is 11.5 Å². The van der Waals surface area contributed by atoms with E-state index in [1.807, 2.05) is 0 Å². The molecule has 5 heteroatoms. The van der Waals surface area contributed by atoms with Gasteiger partial charge in [0, 0.05) is 12.0 Å². The van der Waals surface area contributed by atoms with Crippen LogP contribution in [0.2, 0.25) is 0 Å². The molecule has 4 nitrogen and oxygen atoms in total. The van der Waals surface area contributed by atoms with Crippen LogP contribution in [0.15, 0.2) is 42.5 Å². The fourth-order valence-corrected chi connectivity index (χ4v) is 2.17. The molecule has 0 saturated heterocycles. The number of hydrogen-bond acceptors (Lipinski definition) is 4. The lowest BCUT2D eigenvalue weighted by Crippen LogP contribution is -2.09. The molecule has 0 saturated carbocycles. The first-order chi connectivity index (χ1) is 11.0. The molecular weight excluding hydrogens is 299 g/mol. The minimum Gasteiger partial charge on any atom is -0.504 e. The zero-order valence-electron chi connectivity index (χ0n) is 12.7. The van der Waals surface area contributed by atoms with Crippen molar-refractivity contribution < 1.29 is 23.8 Å². The molecule has 120 valence electrons. The maximum absolute atomic E-state index is 12.8. The Morgan fingerprint density at radius 3 is 2.48 bits per heavy atom. The molecule has 23 heavy (non-hydrogen) atoms. The lowest BCUT2D eigenvalue weighted by atomic mass is 10.0. The Bertz CT molecular complexity index is 707. The highest BCUT2D eigenvalue weighted by atomic mass is 19.1. The Hall–Kier alpha value is -2.69. The molecule has 0 heterocycles. The highest BCUT2D eigenvalue weighted by molar-refractivity contribution is 6.07. The van der Waals surface area contributed by atoms with Gasteiger partial charge in [-0.05, 0) is 48.4 Å². The minimum absolute atomic E-state index is 0.0362. The lowest BCUT2D eigenvalue weighted by Gasteiger charge is -2.06. The van der Waals surface area contributed by atoms with Crippen molar-refractivity contribution in [1.29, 1.82) is 0 Å². The summed E-state index contributed by atoms with van der Waals surface area (Å²) in [5, 5.41) is 9.51. The van der Waals surface area contributed by atoms with Crippen LogP contribution in [-0.2, 0) is 11.2 Å². The van der Waals surface area contributed by atoms with Gasteiger partial charge in [0.15, 0.2) is 17.3 Å². The molecule has 0 atom stereocenters. The summed E-state index contributed by atoms with van der Waals surface area (Å²) in [6.45, 7) is 0. The van der Waals surface area contributed by atoms with Crippen LogP contribution in [0.4, 0.5) is 4.39 Å². The van der Waals surface area contributed by atoms with E-state index in [4.69, 9.17) is 4.74 Å². The highest BCUT2D eigenvalue weighted by Crippen LogP contribution is 2.26. The molecule has 0 aliphatic rings. The van der Waals surface area contributed by atoms with E-state index in [1.54, 1.807) is 12.1 Å². The van der Waals surface area contributed by atoms with Crippen LogP contribution < -0.4 is 4.74 Å². The molecule has 0 bridgehead atoms. The Morgan fingerprint density at radius 2 is 1.83 bits per heavy atom. The number of rotatable bonds is 7. The average Bonchev–Trinajstić information content (AvgIpc) is 2.54. The van der Waals surface area contributed by atoms with E-state index in [0.717, 1.165) is 5.56 Å². The summed E-state index contributed by atoms with van der Waals surface area (Å²) in [7, 11) is 1.45. The summed E-state index contributed by atoms with van der Waals surface area (Å²) >= 11 is 0. The second-order valence-electron chi connectivity index (χ2n) is 5.15. The van der Waals surface area contributed by atoms with Gasteiger partial charge in [-0.1, -0.05) is 6.07 Å². The molecular formula is C18H17FO4. The molecule has 2 rings (SSSR count). The first-order valence-corrected chi connectivity index (χ1v) is 7.16. The quantitative estimate of drug-likeness (QED) is 0.629. The van der Waals surface area contributed by atoms with Gasteiger partial charge >= 0.3 is 0 Å². The van der Waals surface area contributed by atoms with Gasteiger partial charge in [0.2, 0.25) is 0 Å². The van der Waals surface area contributed by atoms with E-state index in [2.05, 4.69) is 0 Å². The summed E-state index contributed by atoms with van der Waals surface area (Å²) in [5.74, 6) is -0.551. The third-order valence-corrected chi connectivity index (χ3v) is 3.46. The number of benzene rings is 2. The molecule has 0 spiro atoms. The Labute approximate surface area is 133 Å².